The zero-order valence-corrected chi connectivity index (χ0v) is 7.46. The fraction of sp³-hybridized carbons (Fsp3) is 0.333. The van der Waals surface area contributed by atoms with Gasteiger partial charge in [-0.05, 0) is 6.07 Å². The molecule has 0 aromatic carbocycles. The van der Waals surface area contributed by atoms with E-state index in [1.807, 2.05) is 0 Å². The van der Waals surface area contributed by atoms with Crippen molar-refractivity contribution >= 4 is 5.57 Å². The van der Waals surface area contributed by atoms with Crippen molar-refractivity contribution in [3.8, 4) is 0 Å². The normalized spacial score (nSPS) is 18.7. The summed E-state index contributed by atoms with van der Waals surface area (Å²) in [5, 5.41) is 9.06. The van der Waals surface area contributed by atoms with E-state index in [1.165, 1.54) is 6.33 Å². The van der Waals surface area contributed by atoms with E-state index in [0.717, 1.165) is 6.26 Å². The van der Waals surface area contributed by atoms with Crippen LogP contribution < -0.4 is 0 Å². The van der Waals surface area contributed by atoms with Gasteiger partial charge >= 0.3 is 0 Å². The second kappa shape index (κ2) is 4.17. The van der Waals surface area contributed by atoms with Crippen LogP contribution in [0.4, 0.5) is 0 Å². The summed E-state index contributed by atoms with van der Waals surface area (Å²) in [6.07, 6.45) is 3.45. The van der Waals surface area contributed by atoms with Gasteiger partial charge in [0.15, 0.2) is 6.29 Å². The lowest BCUT2D eigenvalue weighted by atomic mass is 10.2. The highest BCUT2D eigenvalue weighted by Gasteiger charge is 2.23. The van der Waals surface area contributed by atoms with Crippen LogP contribution in [0.5, 0.6) is 0 Å². The van der Waals surface area contributed by atoms with Crippen molar-refractivity contribution in [2.24, 2.45) is 0 Å². The molecule has 0 atom stereocenters. The van der Waals surface area contributed by atoms with Gasteiger partial charge in [-0.25, -0.2) is 9.97 Å². The maximum Gasteiger partial charge on any atom is 0.189 e. The van der Waals surface area contributed by atoms with Crippen molar-refractivity contribution in [1.82, 2.24) is 9.97 Å². The predicted molar refractivity (Wildman–Crippen MR) is 48.3 cm³/mol. The summed E-state index contributed by atoms with van der Waals surface area (Å²) in [5.41, 5.74) is 1.12. The van der Waals surface area contributed by atoms with Gasteiger partial charge in [-0.2, -0.15) is 0 Å². The molecule has 0 saturated carbocycles. The first-order chi connectivity index (χ1) is 6.92. The predicted octanol–water partition coefficient (Wildman–Crippen LogP) is 0.748. The fourth-order valence-corrected chi connectivity index (χ4v) is 1.25. The molecule has 1 aliphatic heterocycles. The number of aromatic nitrogens is 2. The molecule has 0 bridgehead atoms. The van der Waals surface area contributed by atoms with Crippen LogP contribution in [0.1, 0.15) is 5.69 Å². The average molecular weight is 194 g/mol. The Bertz CT molecular complexity index is 320. The van der Waals surface area contributed by atoms with Gasteiger partial charge in [0.2, 0.25) is 0 Å². The number of rotatable bonds is 2. The Morgan fingerprint density at radius 2 is 2.29 bits per heavy atom. The fourth-order valence-electron chi connectivity index (χ4n) is 1.25. The number of ether oxygens (including phenoxy) is 2. The summed E-state index contributed by atoms with van der Waals surface area (Å²) >= 11 is 0. The first-order valence-electron chi connectivity index (χ1n) is 4.25. The molecule has 5 nitrogen and oxygen atoms in total. The highest BCUT2D eigenvalue weighted by Crippen LogP contribution is 2.21. The molecular formula is C9H10N2O3. The van der Waals surface area contributed by atoms with Gasteiger partial charge in [-0.15, -0.1) is 0 Å². The first-order valence-corrected chi connectivity index (χ1v) is 4.25. The molecule has 0 unspecified atom stereocenters. The number of aliphatic hydroxyl groups excluding tert-OH is 1. The SMILES string of the molecule is O/C=C(\c1ccncn1)C1OCCO1. The van der Waals surface area contributed by atoms with Crippen LogP contribution in [-0.2, 0) is 9.47 Å². The number of nitrogens with zero attached hydrogens (tertiary/aromatic N) is 2. The third-order valence-corrected chi connectivity index (χ3v) is 1.89. The lowest BCUT2D eigenvalue weighted by Crippen LogP contribution is -2.11. The van der Waals surface area contributed by atoms with Gasteiger partial charge < -0.3 is 14.6 Å². The molecule has 14 heavy (non-hydrogen) atoms. The molecule has 0 radical (unpaired) electrons. The second-order valence-corrected chi connectivity index (χ2v) is 2.75. The summed E-state index contributed by atoms with van der Waals surface area (Å²) in [6, 6.07) is 1.69. The molecule has 1 aromatic heterocycles. The van der Waals surface area contributed by atoms with E-state index in [1.54, 1.807) is 12.3 Å². The molecule has 1 N–H and O–H groups in total. The molecule has 1 saturated heterocycles. The quantitative estimate of drug-likeness (QED) is 0.704. The molecule has 2 rings (SSSR count). The van der Waals surface area contributed by atoms with E-state index >= 15 is 0 Å². The van der Waals surface area contributed by atoms with Crippen LogP contribution in [0.15, 0.2) is 24.9 Å². The standard InChI is InChI=1S/C9H10N2O3/c12-5-7(9-13-3-4-14-9)8-1-2-10-6-11-8/h1-2,5-6,9,12H,3-4H2/b7-5+. The molecule has 74 valence electrons. The van der Waals surface area contributed by atoms with E-state index in [-0.39, 0.29) is 0 Å². The number of aliphatic hydroxyl groups is 1. The van der Waals surface area contributed by atoms with E-state index in [4.69, 9.17) is 14.6 Å². The molecule has 0 aliphatic carbocycles. The van der Waals surface area contributed by atoms with Crippen LogP contribution in [0, 0.1) is 0 Å². The zero-order valence-electron chi connectivity index (χ0n) is 7.46. The third-order valence-electron chi connectivity index (χ3n) is 1.89. The Morgan fingerprint density at radius 3 is 2.86 bits per heavy atom. The molecule has 1 fully saturated rings. The minimum absolute atomic E-state index is 0.518. The highest BCUT2D eigenvalue weighted by molar-refractivity contribution is 5.63. The van der Waals surface area contributed by atoms with Crippen LogP contribution in [0.25, 0.3) is 5.57 Å². The smallest absolute Gasteiger partial charge is 0.189 e. The van der Waals surface area contributed by atoms with Gasteiger partial charge in [0.05, 0.1) is 30.7 Å². The number of hydrogen-bond acceptors (Lipinski definition) is 5. The Balaban J connectivity index is 2.22. The summed E-state index contributed by atoms with van der Waals surface area (Å²) < 4.78 is 10.5. The maximum atomic E-state index is 9.06. The molecule has 1 aliphatic rings. The largest absolute Gasteiger partial charge is 0.515 e. The van der Waals surface area contributed by atoms with Crippen molar-refractivity contribution < 1.29 is 14.6 Å². The summed E-state index contributed by atoms with van der Waals surface area (Å²) in [5.74, 6) is 0. The lowest BCUT2D eigenvalue weighted by molar-refractivity contribution is 0.00570. The topological polar surface area (TPSA) is 64.5 Å². The van der Waals surface area contributed by atoms with Crippen LogP contribution in [0.2, 0.25) is 0 Å². The minimum Gasteiger partial charge on any atom is -0.515 e. The van der Waals surface area contributed by atoms with Crippen molar-refractivity contribution in [2.75, 3.05) is 13.2 Å². The van der Waals surface area contributed by atoms with Crippen molar-refractivity contribution in [3.63, 3.8) is 0 Å². The molecule has 0 amide bonds. The molecule has 0 spiro atoms. The zero-order chi connectivity index (χ0) is 9.80. The highest BCUT2D eigenvalue weighted by atomic mass is 16.7. The summed E-state index contributed by atoms with van der Waals surface area (Å²) in [6.45, 7) is 1.07. The Kier molecular flexibility index (Phi) is 2.71. The Morgan fingerprint density at radius 1 is 1.50 bits per heavy atom. The molecule has 5 heteroatoms. The monoisotopic (exact) mass is 194 g/mol. The van der Waals surface area contributed by atoms with Crippen molar-refractivity contribution in [1.29, 1.82) is 0 Å². The van der Waals surface area contributed by atoms with E-state index in [0.29, 0.717) is 24.5 Å². The van der Waals surface area contributed by atoms with Crippen molar-refractivity contribution in [2.45, 2.75) is 6.29 Å². The molecular weight excluding hydrogens is 184 g/mol. The number of hydrogen-bond donors (Lipinski definition) is 1. The van der Waals surface area contributed by atoms with Crippen molar-refractivity contribution in [3.05, 3.63) is 30.5 Å². The van der Waals surface area contributed by atoms with E-state index in [9.17, 15) is 0 Å². The Hall–Kier alpha value is -1.46. The summed E-state index contributed by atoms with van der Waals surface area (Å²) in [4.78, 5) is 7.78. The third kappa shape index (κ3) is 1.73. The van der Waals surface area contributed by atoms with Gasteiger partial charge in [0, 0.05) is 6.20 Å². The maximum absolute atomic E-state index is 9.06. The van der Waals surface area contributed by atoms with Gasteiger partial charge in [0.25, 0.3) is 0 Å². The van der Waals surface area contributed by atoms with E-state index in [2.05, 4.69) is 9.97 Å². The lowest BCUT2D eigenvalue weighted by Gasteiger charge is -2.11. The van der Waals surface area contributed by atoms with Gasteiger partial charge in [-0.1, -0.05) is 0 Å². The average Bonchev–Trinajstić information content (AvgIpc) is 2.74. The molecule has 2 heterocycles. The van der Waals surface area contributed by atoms with Crippen LogP contribution in [0.3, 0.4) is 0 Å². The second-order valence-electron chi connectivity index (χ2n) is 2.75. The first kappa shape index (κ1) is 9.11. The minimum atomic E-state index is -0.519. The molecule has 1 aromatic rings. The van der Waals surface area contributed by atoms with Gasteiger partial charge in [0.1, 0.15) is 6.33 Å². The van der Waals surface area contributed by atoms with E-state index < -0.39 is 6.29 Å². The Labute approximate surface area is 81.0 Å². The summed E-state index contributed by atoms with van der Waals surface area (Å²) in [7, 11) is 0. The van der Waals surface area contributed by atoms with Crippen LogP contribution >= 0.6 is 0 Å². The van der Waals surface area contributed by atoms with Gasteiger partial charge in [-0.3, -0.25) is 0 Å². The van der Waals surface area contributed by atoms with Crippen LogP contribution in [-0.4, -0.2) is 34.6 Å².